The second kappa shape index (κ2) is 17.2. The molecule has 2 spiro atoms. The lowest BCUT2D eigenvalue weighted by Crippen LogP contribution is -2.59. The number of hydrogen-bond acceptors (Lipinski definition) is 15. The number of piperazine rings is 2. The molecule has 0 radical (unpaired) electrons. The van der Waals surface area contributed by atoms with Gasteiger partial charge in [0.05, 0.1) is 35.1 Å². The highest BCUT2D eigenvalue weighted by Gasteiger charge is 2.57. The van der Waals surface area contributed by atoms with Crippen LogP contribution in [0.25, 0.3) is 22.1 Å². The van der Waals surface area contributed by atoms with Crippen molar-refractivity contribution in [2.24, 2.45) is 0 Å². The van der Waals surface area contributed by atoms with E-state index >= 15 is 0 Å². The number of nitrogens with zero attached hydrogens (tertiary/aromatic N) is 9. The maximum atomic E-state index is 13.2. The molecular weight excluding hydrogens is 833 g/mol. The predicted molar refractivity (Wildman–Crippen MR) is 225 cm³/mol. The van der Waals surface area contributed by atoms with Gasteiger partial charge >= 0.3 is 6.09 Å². The summed E-state index contributed by atoms with van der Waals surface area (Å²) in [5.41, 5.74) is -0.226. The molecule has 0 bridgehead atoms. The number of hydrogen-bond donors (Lipinski definition) is 4. The number of carbonyl (C=O) groups is 1. The Bertz CT molecular complexity index is 2410. The van der Waals surface area contributed by atoms with E-state index in [4.69, 9.17) is 19.3 Å². The van der Waals surface area contributed by atoms with E-state index in [0.717, 1.165) is 67.2 Å². The zero-order valence-electron chi connectivity index (χ0n) is 34.8. The van der Waals surface area contributed by atoms with Crippen molar-refractivity contribution >= 4 is 60.2 Å². The number of carbonyl (C=O) groups excluding carboxylic acids is 1. The van der Waals surface area contributed by atoms with E-state index in [2.05, 4.69) is 44.2 Å². The third-order valence-electron chi connectivity index (χ3n) is 11.6. The molecule has 2 aliphatic carbocycles. The van der Waals surface area contributed by atoms with Crippen LogP contribution < -0.4 is 19.2 Å². The Hall–Kier alpha value is -4.07. The number of ether oxygens (including phenoxy) is 3. The highest BCUT2D eigenvalue weighted by Crippen LogP contribution is 2.47. The van der Waals surface area contributed by atoms with E-state index in [1.165, 1.54) is 17.2 Å². The fourth-order valence-corrected chi connectivity index (χ4v) is 11.6. The van der Waals surface area contributed by atoms with Gasteiger partial charge in [-0.1, -0.05) is 0 Å². The highest BCUT2D eigenvalue weighted by molar-refractivity contribution is 7.87. The van der Waals surface area contributed by atoms with Gasteiger partial charge < -0.3 is 34.1 Å². The van der Waals surface area contributed by atoms with Crippen LogP contribution in [0.5, 0.6) is 0 Å². The van der Waals surface area contributed by atoms with Crippen LogP contribution in [0.4, 0.5) is 16.4 Å². The second-order valence-corrected chi connectivity index (χ2v) is 20.5. The zero-order chi connectivity index (χ0) is 43.0. The number of aromatic amines is 1. The number of nitrogens with one attached hydrogen (secondary N) is 3. The lowest BCUT2D eigenvalue weighted by molar-refractivity contribution is -0.160. The molecule has 23 heteroatoms. The first-order valence-electron chi connectivity index (χ1n) is 20.9. The average Bonchev–Trinajstić information content (AvgIpc) is 4.04. The summed E-state index contributed by atoms with van der Waals surface area (Å²) in [7, 11) is -7.24. The van der Waals surface area contributed by atoms with Gasteiger partial charge in [-0.05, 0) is 77.8 Å². The second-order valence-electron chi connectivity index (χ2n) is 17.2. The van der Waals surface area contributed by atoms with Gasteiger partial charge in [0.2, 0.25) is 0 Å². The van der Waals surface area contributed by atoms with Gasteiger partial charge in [0.15, 0.2) is 11.9 Å². The molecule has 5 fully saturated rings. The van der Waals surface area contributed by atoms with Gasteiger partial charge in [0, 0.05) is 71.4 Å². The van der Waals surface area contributed by atoms with Crippen molar-refractivity contribution in [1.29, 1.82) is 0 Å². The van der Waals surface area contributed by atoms with E-state index in [1.54, 1.807) is 20.9 Å². The Morgan fingerprint density at radius 2 is 1.49 bits per heavy atom. The molecule has 0 amide bonds. The van der Waals surface area contributed by atoms with Crippen molar-refractivity contribution in [3.8, 4) is 0 Å². The summed E-state index contributed by atoms with van der Waals surface area (Å²) in [6.45, 7) is 9.32. The number of fused-ring (bicyclic) bond motifs is 2. The Labute approximate surface area is 355 Å². The smallest absolute Gasteiger partial charge is 0.420 e. The maximum Gasteiger partial charge on any atom is 0.420 e. The SMILES string of the molecule is CC(C)(C)OC(=O)n1ccc2c(N3CCN(S(=O)(=O)NCCOC4CCCCO4)C4(CC4)C3)ncnc21.O=S(=O)(NCCO)N1CCN(c2ncnc3[nH]ccc23)CC12CC2. The highest BCUT2D eigenvalue weighted by atomic mass is 32.2. The van der Waals surface area contributed by atoms with Crippen LogP contribution in [-0.4, -0.2) is 161 Å². The number of aliphatic hydroxyl groups excluding tert-OH is 1. The molecule has 4 aromatic rings. The molecule has 0 aromatic carbocycles. The normalized spacial score (nSPS) is 21.8. The van der Waals surface area contributed by atoms with Crippen LogP contribution in [0, 0.1) is 0 Å². The largest absolute Gasteiger partial charge is 0.443 e. The number of H-pyrrole nitrogens is 1. The zero-order valence-corrected chi connectivity index (χ0v) is 36.5. The van der Waals surface area contributed by atoms with E-state index in [9.17, 15) is 21.6 Å². The molecule has 21 nitrogen and oxygen atoms in total. The van der Waals surface area contributed by atoms with Crippen LogP contribution in [0.2, 0.25) is 0 Å². The molecule has 1 atom stereocenters. The number of aromatic nitrogens is 6. The minimum atomic E-state index is -3.67. The molecule has 5 aliphatic rings. The molecule has 9 rings (SSSR count). The first-order valence-corrected chi connectivity index (χ1v) is 23.7. The van der Waals surface area contributed by atoms with Gasteiger partial charge in [-0.25, -0.2) is 29.3 Å². The Morgan fingerprint density at radius 1 is 0.869 bits per heavy atom. The first-order chi connectivity index (χ1) is 29.1. The molecule has 3 aliphatic heterocycles. The molecule has 4 N–H and O–H groups in total. The van der Waals surface area contributed by atoms with E-state index in [0.29, 0.717) is 57.3 Å². The standard InChI is InChI=1S/C24H36N6O6S.C14H20N6O3S/c1-23(2,3)36-22(31)29-11-7-18-20(25-17-26-21(18)29)28-12-13-30(24(16-28)8-9-24)37(32,33)27-10-15-35-19-6-4-5-14-34-19;21-8-5-18-24(22,23)20-7-6-19(9-14(20)2-3-14)13-11-1-4-15-12(11)16-10-17-13/h7,11,17,19,27H,4-6,8-10,12-16H2,1-3H3;1,4,10,18,21H,2-3,5-9H2,(H,15,16,17). The predicted octanol–water partition coefficient (Wildman–Crippen LogP) is 1.69. The van der Waals surface area contributed by atoms with Gasteiger partial charge in [-0.2, -0.15) is 34.9 Å². The van der Waals surface area contributed by atoms with Crippen molar-refractivity contribution in [2.45, 2.75) is 88.7 Å². The quantitative estimate of drug-likeness (QED) is 0.148. The Morgan fingerprint density at radius 3 is 2.08 bits per heavy atom. The summed E-state index contributed by atoms with van der Waals surface area (Å²) in [5.74, 6) is 1.53. The van der Waals surface area contributed by atoms with E-state index < -0.39 is 37.7 Å². The molecule has 7 heterocycles. The summed E-state index contributed by atoms with van der Waals surface area (Å²) in [6.07, 6.45) is 11.9. The minimum absolute atomic E-state index is 0.0362. The maximum absolute atomic E-state index is 13.2. The third kappa shape index (κ3) is 9.49. The van der Waals surface area contributed by atoms with E-state index in [1.807, 2.05) is 33.0 Å². The Balaban J connectivity index is 0.000000184. The van der Waals surface area contributed by atoms with Crippen LogP contribution in [0.15, 0.2) is 37.2 Å². The molecule has 334 valence electrons. The van der Waals surface area contributed by atoms with Crippen molar-refractivity contribution < 1.29 is 40.9 Å². The lowest BCUT2D eigenvalue weighted by Gasteiger charge is -2.41. The topological polar surface area (TPSA) is 243 Å². The third-order valence-corrected chi connectivity index (χ3v) is 15.1. The van der Waals surface area contributed by atoms with Crippen LogP contribution in [0.3, 0.4) is 0 Å². The van der Waals surface area contributed by atoms with Gasteiger partial charge in [0.25, 0.3) is 20.4 Å². The summed E-state index contributed by atoms with van der Waals surface area (Å²) in [6, 6.07) is 3.74. The monoisotopic (exact) mass is 888 g/mol. The van der Waals surface area contributed by atoms with Gasteiger partial charge in [-0.15, -0.1) is 0 Å². The number of anilines is 2. The minimum Gasteiger partial charge on any atom is -0.443 e. The fraction of sp³-hybridized carbons (Fsp3) is 0.658. The van der Waals surface area contributed by atoms with Crippen molar-refractivity contribution in [3.05, 3.63) is 37.2 Å². The number of aliphatic hydroxyl groups is 1. The van der Waals surface area contributed by atoms with Crippen molar-refractivity contribution in [2.75, 3.05) is 82.0 Å². The molecular formula is C38H56N12O9S2. The summed E-state index contributed by atoms with van der Waals surface area (Å²) in [5, 5.41) is 10.5. The lowest BCUT2D eigenvalue weighted by atomic mass is 10.2. The first kappa shape index (κ1) is 43.6. The number of rotatable bonds is 12. The van der Waals surface area contributed by atoms with Crippen LogP contribution >= 0.6 is 0 Å². The van der Waals surface area contributed by atoms with Crippen LogP contribution in [0.1, 0.15) is 65.7 Å². The molecule has 1 unspecified atom stereocenters. The molecule has 61 heavy (non-hydrogen) atoms. The van der Waals surface area contributed by atoms with E-state index in [-0.39, 0.29) is 38.1 Å². The van der Waals surface area contributed by atoms with Crippen molar-refractivity contribution in [3.63, 3.8) is 0 Å². The summed E-state index contributed by atoms with van der Waals surface area (Å²) >= 11 is 0. The Kier molecular flexibility index (Phi) is 12.3. The van der Waals surface area contributed by atoms with Crippen molar-refractivity contribution in [1.82, 2.24) is 47.5 Å². The molecule has 2 saturated carbocycles. The molecule has 4 aromatic heterocycles. The summed E-state index contributed by atoms with van der Waals surface area (Å²) < 4.78 is 77.7. The van der Waals surface area contributed by atoms with Crippen LogP contribution in [-0.2, 0) is 34.6 Å². The molecule has 3 saturated heterocycles. The average molecular weight is 889 g/mol. The van der Waals surface area contributed by atoms with Gasteiger partial charge in [0.1, 0.15) is 35.5 Å². The van der Waals surface area contributed by atoms with Gasteiger partial charge in [-0.3, -0.25) is 0 Å². The summed E-state index contributed by atoms with van der Waals surface area (Å²) in [4.78, 5) is 37.4. The fourth-order valence-electron chi connectivity index (χ4n) is 8.43.